The summed E-state index contributed by atoms with van der Waals surface area (Å²) in [4.78, 5) is 13.1. The predicted octanol–water partition coefficient (Wildman–Crippen LogP) is 4.72. The van der Waals surface area contributed by atoms with Gasteiger partial charge in [-0.2, -0.15) is 0 Å². The maximum absolute atomic E-state index is 12.6. The molecule has 0 amide bonds. The second-order valence-electron chi connectivity index (χ2n) is 7.28. The molecule has 0 unspecified atom stereocenters. The van der Waals surface area contributed by atoms with Gasteiger partial charge in [-0.15, -0.1) is 0 Å². The summed E-state index contributed by atoms with van der Waals surface area (Å²) >= 11 is 0.341. The van der Waals surface area contributed by atoms with E-state index in [2.05, 4.69) is 70.2 Å². The predicted molar refractivity (Wildman–Crippen MR) is 100 cm³/mol. The molecule has 0 saturated carbocycles. The minimum atomic E-state index is 0.0566. The quantitative estimate of drug-likeness (QED) is 0.540. The third kappa shape index (κ3) is 5.79. The summed E-state index contributed by atoms with van der Waals surface area (Å²) in [6, 6.07) is 10.7. The number of carbonyl (C=O) groups is 1. The second kappa shape index (κ2) is 8.13. The summed E-state index contributed by atoms with van der Waals surface area (Å²) in [5.41, 5.74) is 1.52. The van der Waals surface area contributed by atoms with Crippen LogP contribution in [-0.2, 0) is 4.79 Å². The molecule has 1 aromatic carbocycles. The van der Waals surface area contributed by atoms with Crippen LogP contribution >= 0.6 is 0 Å². The van der Waals surface area contributed by atoms with E-state index in [9.17, 15) is 4.79 Å². The van der Waals surface area contributed by atoms with Gasteiger partial charge < -0.3 is 0 Å². The molecule has 124 valence electrons. The number of hydrogen-bond acceptors (Lipinski definition) is 1. The third-order valence-electron chi connectivity index (χ3n) is 4.54. The topological polar surface area (TPSA) is 17.1 Å². The van der Waals surface area contributed by atoms with Gasteiger partial charge in [-0.1, -0.05) is 0 Å². The van der Waals surface area contributed by atoms with Gasteiger partial charge in [0.1, 0.15) is 0 Å². The molecular weight excluding hydrogens is 347 g/mol. The zero-order valence-electron chi connectivity index (χ0n) is 14.7. The number of rotatable bonds is 2. The number of allylic oxidation sites excluding steroid dienone is 4. The van der Waals surface area contributed by atoms with Crippen molar-refractivity contribution < 1.29 is 4.79 Å². The summed E-state index contributed by atoms with van der Waals surface area (Å²) in [6.45, 7) is 8.76. The fraction of sp³-hybridized carbons (Fsp3) is 0.476. The molecule has 0 N–H and O–H groups in total. The number of benzene rings is 1. The molecule has 1 nitrogen and oxygen atoms in total. The van der Waals surface area contributed by atoms with Gasteiger partial charge in [-0.25, -0.2) is 0 Å². The van der Waals surface area contributed by atoms with Crippen LogP contribution in [0.1, 0.15) is 47.0 Å². The first-order valence-corrected chi connectivity index (χ1v) is 10.3. The zero-order chi connectivity index (χ0) is 16.9. The summed E-state index contributed by atoms with van der Waals surface area (Å²) in [6.07, 6.45) is 9.52. The molecule has 0 heterocycles. The Hall–Kier alpha value is -1.11. The Kier molecular flexibility index (Phi) is 6.44. The first kappa shape index (κ1) is 18.2. The van der Waals surface area contributed by atoms with Crippen LogP contribution in [0.5, 0.6) is 0 Å². The van der Waals surface area contributed by atoms with Crippen molar-refractivity contribution >= 4 is 25.2 Å². The molecule has 0 fully saturated rings. The zero-order valence-corrected chi connectivity index (χ0v) is 16.4. The summed E-state index contributed by atoms with van der Waals surface area (Å²) in [7, 11) is 0. The molecule has 23 heavy (non-hydrogen) atoms. The van der Waals surface area contributed by atoms with Crippen molar-refractivity contribution in [3.05, 3.63) is 54.1 Å². The van der Waals surface area contributed by atoms with Crippen molar-refractivity contribution in [1.29, 1.82) is 0 Å². The van der Waals surface area contributed by atoms with Gasteiger partial charge in [0.2, 0.25) is 0 Å². The van der Waals surface area contributed by atoms with Crippen LogP contribution in [0.2, 0.25) is 4.82 Å². The average Bonchev–Trinajstić information content (AvgIpc) is 2.55. The fourth-order valence-electron chi connectivity index (χ4n) is 2.70. The Morgan fingerprint density at radius 2 is 1.87 bits per heavy atom. The molecule has 2 atom stereocenters. The first-order chi connectivity index (χ1) is 10.9. The monoisotopic (exact) mass is 376 g/mol. The van der Waals surface area contributed by atoms with E-state index >= 15 is 0 Å². The van der Waals surface area contributed by atoms with Crippen molar-refractivity contribution in [1.82, 2.24) is 0 Å². The molecule has 2 heteroatoms. The van der Waals surface area contributed by atoms with Gasteiger partial charge in [0.15, 0.2) is 0 Å². The van der Waals surface area contributed by atoms with Crippen LogP contribution in [0.4, 0.5) is 0 Å². The van der Waals surface area contributed by atoms with Crippen LogP contribution in [0, 0.1) is 11.3 Å². The first-order valence-electron chi connectivity index (χ1n) is 8.48. The number of carbonyl (C=O) groups excluding carboxylic acids is 1. The van der Waals surface area contributed by atoms with Crippen LogP contribution in [0.15, 0.2) is 54.1 Å². The van der Waals surface area contributed by atoms with Gasteiger partial charge in [0.05, 0.1) is 0 Å². The number of hydrogen-bond donors (Lipinski definition) is 0. The van der Waals surface area contributed by atoms with E-state index < -0.39 is 0 Å². The van der Waals surface area contributed by atoms with Gasteiger partial charge >= 0.3 is 147 Å². The molecule has 0 bridgehead atoms. The Bertz CT molecular complexity index is 583. The second-order valence-corrected chi connectivity index (χ2v) is 10.0. The molecule has 0 spiro atoms. The van der Waals surface area contributed by atoms with E-state index in [1.165, 1.54) is 10.0 Å². The Labute approximate surface area is 147 Å². The maximum atomic E-state index is 12.6. The van der Waals surface area contributed by atoms with Crippen molar-refractivity contribution in [2.24, 2.45) is 11.3 Å². The summed E-state index contributed by atoms with van der Waals surface area (Å²) < 4.78 is 1.39. The number of ketones is 1. The van der Waals surface area contributed by atoms with Crippen LogP contribution in [0.25, 0.3) is 0 Å². The summed E-state index contributed by atoms with van der Waals surface area (Å²) in [5.74, 6) is 0.397. The van der Waals surface area contributed by atoms with Crippen molar-refractivity contribution in [3.8, 4) is 0 Å². The van der Waals surface area contributed by atoms with E-state index in [0.29, 0.717) is 25.6 Å². The van der Waals surface area contributed by atoms with E-state index in [1.807, 2.05) is 6.08 Å². The van der Waals surface area contributed by atoms with Crippen molar-refractivity contribution in [2.45, 2.75) is 51.8 Å². The normalized spacial score (nSPS) is 29.2. The molecular formula is C21H28OSe. The molecule has 0 saturated heterocycles. The Morgan fingerprint density at radius 1 is 1.17 bits per heavy atom. The molecule has 0 aromatic heterocycles. The standard InChI is InChI=1S/C21H28OSe/c1-16-10-11-20(23-18-8-6-5-7-9-18)17(2)19(22)13-15-21(3,4)14-12-16/h5-9,12-13,15,17,20H,10-11,14H2,1-4H3/b15-13+,16-12+/t17-,20-/m1/s1. The van der Waals surface area contributed by atoms with E-state index in [0.717, 1.165) is 19.3 Å². The van der Waals surface area contributed by atoms with Gasteiger partial charge in [0.25, 0.3) is 0 Å². The fourth-order valence-corrected chi connectivity index (χ4v) is 5.30. The van der Waals surface area contributed by atoms with Gasteiger partial charge in [-0.3, -0.25) is 0 Å². The molecule has 1 aromatic rings. The van der Waals surface area contributed by atoms with Gasteiger partial charge in [0, 0.05) is 0 Å². The molecule has 0 radical (unpaired) electrons. The molecule has 1 aliphatic rings. The minimum absolute atomic E-state index is 0.0566. The molecule has 0 aliphatic heterocycles. The SMILES string of the molecule is C/C1=C\CC(C)(C)/C=C/C(=O)[C@@H](C)[C@H]([Se]c2ccccc2)CC1. The molecule has 2 rings (SSSR count). The van der Waals surface area contributed by atoms with Gasteiger partial charge in [-0.05, 0) is 0 Å². The summed E-state index contributed by atoms with van der Waals surface area (Å²) in [5, 5.41) is 0. The third-order valence-corrected chi connectivity index (χ3v) is 7.66. The van der Waals surface area contributed by atoms with Crippen molar-refractivity contribution in [2.75, 3.05) is 0 Å². The van der Waals surface area contributed by atoms with E-state index in [-0.39, 0.29) is 11.3 Å². The van der Waals surface area contributed by atoms with Crippen LogP contribution in [-0.4, -0.2) is 20.7 Å². The van der Waals surface area contributed by atoms with Crippen molar-refractivity contribution in [3.63, 3.8) is 0 Å². The average molecular weight is 375 g/mol. The molecule has 1 aliphatic carbocycles. The van der Waals surface area contributed by atoms with E-state index in [4.69, 9.17) is 0 Å². The van der Waals surface area contributed by atoms with Crippen LogP contribution in [0.3, 0.4) is 0 Å². The Balaban J connectivity index is 2.22. The van der Waals surface area contributed by atoms with Crippen LogP contribution < -0.4 is 4.46 Å². The Morgan fingerprint density at radius 3 is 2.57 bits per heavy atom. The van der Waals surface area contributed by atoms with E-state index in [1.54, 1.807) is 0 Å².